The number of nitrogens with one attached hydrogen (secondary N) is 2. The maximum atomic E-state index is 13.4. The second-order valence-corrected chi connectivity index (χ2v) is 8.86. The van der Waals surface area contributed by atoms with Crippen molar-refractivity contribution in [3.05, 3.63) is 107 Å². The molecule has 7 nitrogen and oxygen atoms in total. The highest BCUT2D eigenvalue weighted by Gasteiger charge is 2.34. The average molecular weight is 470 g/mol. The fourth-order valence-corrected chi connectivity index (χ4v) is 4.72. The molecule has 2 heterocycles. The van der Waals surface area contributed by atoms with Crippen LogP contribution in [0.25, 0.3) is 0 Å². The van der Waals surface area contributed by atoms with Gasteiger partial charge in [0.15, 0.2) is 0 Å². The van der Waals surface area contributed by atoms with Crippen LogP contribution in [0.15, 0.2) is 101 Å². The van der Waals surface area contributed by atoms with Crippen molar-refractivity contribution in [2.45, 2.75) is 23.9 Å². The number of hydrogen-bond donors (Lipinski definition) is 3. The van der Waals surface area contributed by atoms with Gasteiger partial charge in [0.1, 0.15) is 11.8 Å². The molecule has 0 bridgehead atoms. The van der Waals surface area contributed by atoms with Crippen molar-refractivity contribution in [2.75, 3.05) is 10.6 Å². The molecule has 0 aliphatic carbocycles. The molecule has 34 heavy (non-hydrogen) atoms. The number of phenols is 1. The zero-order chi connectivity index (χ0) is 23.5. The number of fused-ring (bicyclic) bond motifs is 1. The minimum Gasteiger partial charge on any atom is -0.508 e. The van der Waals surface area contributed by atoms with Crippen LogP contribution in [0.1, 0.15) is 24.1 Å². The van der Waals surface area contributed by atoms with Gasteiger partial charge in [-0.2, -0.15) is 4.98 Å². The molecule has 1 amide bonds. The van der Waals surface area contributed by atoms with E-state index in [1.54, 1.807) is 22.9 Å². The van der Waals surface area contributed by atoms with Gasteiger partial charge in [0.2, 0.25) is 11.1 Å². The monoisotopic (exact) mass is 469 g/mol. The van der Waals surface area contributed by atoms with Crippen LogP contribution < -0.4 is 10.6 Å². The normalized spacial score (nSPS) is 14.9. The smallest absolute Gasteiger partial charge is 0.255 e. The largest absolute Gasteiger partial charge is 0.508 e. The second kappa shape index (κ2) is 9.44. The third kappa shape index (κ3) is 4.53. The van der Waals surface area contributed by atoms with Crippen molar-refractivity contribution in [3.63, 3.8) is 0 Å². The Kier molecular flexibility index (Phi) is 6.05. The standard InChI is InChI=1S/C26H23N5O2S/c1-17-22(24(33)28-20-12-6-3-7-13-20)23(19-11-8-14-21(32)15-19)31-25(27-17)29-26(30-31)34-16-18-9-4-2-5-10-18/h2-15,23,32H,16H2,1H3,(H,28,33)(H,27,29,30)/t23-/m0/s1. The summed E-state index contributed by atoms with van der Waals surface area (Å²) in [5.41, 5.74) is 3.80. The summed E-state index contributed by atoms with van der Waals surface area (Å²) >= 11 is 1.53. The summed E-state index contributed by atoms with van der Waals surface area (Å²) in [6.07, 6.45) is 0. The molecule has 1 aliphatic heterocycles. The third-order valence-electron chi connectivity index (χ3n) is 5.51. The summed E-state index contributed by atoms with van der Waals surface area (Å²) in [4.78, 5) is 18.1. The molecule has 0 saturated carbocycles. The first-order valence-corrected chi connectivity index (χ1v) is 11.8. The molecule has 4 aromatic rings. The quantitative estimate of drug-likeness (QED) is 0.336. The zero-order valence-corrected chi connectivity index (χ0v) is 19.3. The molecule has 1 atom stereocenters. The van der Waals surface area contributed by atoms with E-state index in [9.17, 15) is 9.90 Å². The van der Waals surface area contributed by atoms with Gasteiger partial charge in [0, 0.05) is 17.1 Å². The van der Waals surface area contributed by atoms with Crippen LogP contribution in [0.5, 0.6) is 5.75 Å². The number of phenolic OH excluding ortho intramolecular Hbond substituents is 1. The predicted octanol–water partition coefficient (Wildman–Crippen LogP) is 5.20. The topological polar surface area (TPSA) is 92.1 Å². The van der Waals surface area contributed by atoms with E-state index in [2.05, 4.69) is 27.8 Å². The first-order chi connectivity index (χ1) is 16.6. The van der Waals surface area contributed by atoms with Crippen LogP contribution in [0.3, 0.4) is 0 Å². The molecule has 1 aromatic heterocycles. The number of carbonyl (C=O) groups is 1. The number of amides is 1. The van der Waals surface area contributed by atoms with Gasteiger partial charge in [-0.15, -0.1) is 5.10 Å². The zero-order valence-electron chi connectivity index (χ0n) is 18.5. The number of anilines is 2. The van der Waals surface area contributed by atoms with E-state index in [0.717, 1.165) is 11.3 Å². The minimum absolute atomic E-state index is 0.122. The van der Waals surface area contributed by atoms with Gasteiger partial charge in [0.05, 0.1) is 5.57 Å². The maximum absolute atomic E-state index is 13.4. The van der Waals surface area contributed by atoms with E-state index in [-0.39, 0.29) is 11.7 Å². The molecule has 3 aromatic carbocycles. The second-order valence-electron chi connectivity index (χ2n) is 7.92. The van der Waals surface area contributed by atoms with Crippen molar-refractivity contribution < 1.29 is 9.90 Å². The average Bonchev–Trinajstić information content (AvgIpc) is 3.25. The van der Waals surface area contributed by atoms with Gasteiger partial charge >= 0.3 is 0 Å². The van der Waals surface area contributed by atoms with Crippen LogP contribution in [0.2, 0.25) is 0 Å². The van der Waals surface area contributed by atoms with Gasteiger partial charge < -0.3 is 15.7 Å². The SMILES string of the molecule is CC1=C(C(=O)Nc2ccccc2)[C@H](c2cccc(O)c2)n2nc(SCc3ccccc3)nc2N1. The molecule has 0 fully saturated rings. The Labute approximate surface area is 201 Å². The number of hydrogen-bond acceptors (Lipinski definition) is 6. The molecular formula is C26H23N5O2S. The highest BCUT2D eigenvalue weighted by molar-refractivity contribution is 7.98. The van der Waals surface area contributed by atoms with Crippen molar-refractivity contribution in [1.82, 2.24) is 14.8 Å². The molecule has 8 heteroatoms. The summed E-state index contributed by atoms with van der Waals surface area (Å²) in [6, 6.07) is 25.8. The predicted molar refractivity (Wildman–Crippen MR) is 134 cm³/mol. The number of rotatable bonds is 6. The number of aromatic hydroxyl groups is 1. The van der Waals surface area contributed by atoms with E-state index in [4.69, 9.17) is 5.10 Å². The van der Waals surface area contributed by atoms with Crippen LogP contribution in [-0.4, -0.2) is 25.8 Å². The molecule has 0 unspecified atom stereocenters. The van der Waals surface area contributed by atoms with Gasteiger partial charge in [-0.05, 0) is 42.3 Å². The van der Waals surface area contributed by atoms with Gasteiger partial charge in [-0.3, -0.25) is 4.79 Å². The number of carbonyl (C=O) groups excluding carboxylic acids is 1. The Morgan fingerprint density at radius 1 is 1.06 bits per heavy atom. The molecular weight excluding hydrogens is 446 g/mol. The van der Waals surface area contributed by atoms with Crippen LogP contribution >= 0.6 is 11.8 Å². The molecule has 0 saturated heterocycles. The summed E-state index contributed by atoms with van der Waals surface area (Å²) < 4.78 is 1.72. The number of benzene rings is 3. The fourth-order valence-electron chi connectivity index (χ4n) is 3.93. The minimum atomic E-state index is -0.550. The van der Waals surface area contributed by atoms with E-state index in [1.165, 1.54) is 17.3 Å². The molecule has 0 radical (unpaired) electrons. The lowest BCUT2D eigenvalue weighted by molar-refractivity contribution is -0.113. The Morgan fingerprint density at radius 3 is 2.53 bits per heavy atom. The lowest BCUT2D eigenvalue weighted by Crippen LogP contribution is -2.31. The van der Waals surface area contributed by atoms with Crippen molar-refractivity contribution >= 4 is 29.3 Å². The number of thioether (sulfide) groups is 1. The maximum Gasteiger partial charge on any atom is 0.255 e. The molecule has 5 rings (SSSR count). The van der Waals surface area contributed by atoms with Crippen molar-refractivity contribution in [2.24, 2.45) is 0 Å². The highest BCUT2D eigenvalue weighted by atomic mass is 32.2. The summed E-state index contributed by atoms with van der Waals surface area (Å²) in [5, 5.41) is 21.7. The Morgan fingerprint density at radius 2 is 1.79 bits per heavy atom. The number of aromatic nitrogens is 3. The third-order valence-corrected chi connectivity index (χ3v) is 6.41. The van der Waals surface area contributed by atoms with Crippen LogP contribution in [0.4, 0.5) is 11.6 Å². The first-order valence-electron chi connectivity index (χ1n) is 10.8. The summed E-state index contributed by atoms with van der Waals surface area (Å²) in [7, 11) is 0. The lowest BCUT2D eigenvalue weighted by atomic mass is 9.95. The molecule has 170 valence electrons. The Bertz CT molecular complexity index is 1350. The lowest BCUT2D eigenvalue weighted by Gasteiger charge is -2.28. The van der Waals surface area contributed by atoms with E-state index in [0.29, 0.717) is 28.1 Å². The van der Waals surface area contributed by atoms with E-state index >= 15 is 0 Å². The van der Waals surface area contributed by atoms with Gasteiger partial charge in [0.25, 0.3) is 5.91 Å². The van der Waals surface area contributed by atoms with E-state index < -0.39 is 6.04 Å². The molecule has 0 spiro atoms. The van der Waals surface area contributed by atoms with E-state index in [1.807, 2.05) is 61.5 Å². The summed E-state index contributed by atoms with van der Waals surface area (Å²) in [6.45, 7) is 1.85. The van der Waals surface area contributed by atoms with Crippen molar-refractivity contribution in [3.8, 4) is 5.75 Å². The fraction of sp³-hybridized carbons (Fsp3) is 0.115. The Balaban J connectivity index is 1.50. The highest BCUT2D eigenvalue weighted by Crippen LogP contribution is 2.37. The molecule has 1 aliphatic rings. The first kappa shape index (κ1) is 21.8. The number of allylic oxidation sites excluding steroid dienone is 1. The van der Waals surface area contributed by atoms with Gasteiger partial charge in [-0.1, -0.05) is 72.4 Å². The number of nitrogens with zero attached hydrogens (tertiary/aromatic N) is 3. The van der Waals surface area contributed by atoms with Gasteiger partial charge in [-0.25, -0.2) is 4.68 Å². The van der Waals surface area contributed by atoms with Crippen LogP contribution in [0, 0.1) is 0 Å². The van der Waals surface area contributed by atoms with Crippen molar-refractivity contribution in [1.29, 1.82) is 0 Å². The Hall–Kier alpha value is -4.04. The number of para-hydroxylation sites is 1. The molecule has 3 N–H and O–H groups in total. The van der Waals surface area contributed by atoms with Crippen LogP contribution in [-0.2, 0) is 10.5 Å². The summed E-state index contributed by atoms with van der Waals surface area (Å²) in [5.74, 6) is 1.16.